The maximum atomic E-state index is 5.67. The first-order valence-electron chi connectivity index (χ1n) is 5.62. The second-order valence-corrected chi connectivity index (χ2v) is 3.91. The molecule has 2 rings (SSSR count). The number of para-hydroxylation sites is 1. The van der Waals surface area contributed by atoms with Crippen molar-refractivity contribution in [1.29, 1.82) is 0 Å². The van der Waals surface area contributed by atoms with Crippen molar-refractivity contribution in [2.45, 2.75) is 13.0 Å². The topological polar surface area (TPSA) is 34.4 Å². The van der Waals surface area contributed by atoms with E-state index in [9.17, 15) is 0 Å². The van der Waals surface area contributed by atoms with Gasteiger partial charge in [-0.15, -0.1) is 0 Å². The van der Waals surface area contributed by atoms with Gasteiger partial charge in [0.2, 0.25) is 0 Å². The third kappa shape index (κ3) is 2.34. The zero-order chi connectivity index (χ0) is 12.3. The second kappa shape index (κ2) is 5.06. The minimum absolute atomic E-state index is 0.0137. The molecular formula is C14H17NO2. The smallest absolute Gasteiger partial charge is 0.125 e. The zero-order valence-corrected chi connectivity index (χ0v) is 10.4. The Balaban J connectivity index is 2.41. The van der Waals surface area contributed by atoms with Gasteiger partial charge >= 0.3 is 0 Å². The van der Waals surface area contributed by atoms with Crippen LogP contribution in [0, 0.1) is 6.92 Å². The van der Waals surface area contributed by atoms with Crippen LogP contribution in [0.5, 0.6) is 5.75 Å². The average Bonchev–Trinajstić information content (AvgIpc) is 2.77. The maximum absolute atomic E-state index is 5.67. The lowest BCUT2D eigenvalue weighted by Crippen LogP contribution is -2.17. The molecule has 0 saturated heterocycles. The van der Waals surface area contributed by atoms with Gasteiger partial charge in [-0.05, 0) is 32.2 Å². The van der Waals surface area contributed by atoms with Crippen molar-refractivity contribution in [2.75, 3.05) is 14.2 Å². The molecule has 17 heavy (non-hydrogen) atoms. The highest BCUT2D eigenvalue weighted by molar-refractivity contribution is 5.39. The molecule has 1 N–H and O–H groups in total. The minimum atomic E-state index is 0.0137. The Morgan fingerprint density at radius 2 is 1.94 bits per heavy atom. The van der Waals surface area contributed by atoms with Crippen LogP contribution in [0.4, 0.5) is 0 Å². The second-order valence-electron chi connectivity index (χ2n) is 3.91. The summed E-state index contributed by atoms with van der Waals surface area (Å²) in [6.07, 6.45) is 0. The molecule has 0 radical (unpaired) electrons. The molecule has 0 amide bonds. The van der Waals surface area contributed by atoms with E-state index >= 15 is 0 Å². The number of nitrogens with one attached hydrogen (secondary N) is 1. The molecule has 0 bridgehead atoms. The van der Waals surface area contributed by atoms with Crippen molar-refractivity contribution < 1.29 is 9.15 Å². The maximum Gasteiger partial charge on any atom is 0.125 e. The number of benzene rings is 1. The van der Waals surface area contributed by atoms with Gasteiger partial charge in [0.1, 0.15) is 17.3 Å². The van der Waals surface area contributed by atoms with Crippen molar-refractivity contribution in [3.05, 3.63) is 53.5 Å². The van der Waals surface area contributed by atoms with Crippen molar-refractivity contribution in [1.82, 2.24) is 5.32 Å². The fourth-order valence-corrected chi connectivity index (χ4v) is 1.96. The standard InChI is InChI=1S/C14H17NO2/c1-10-8-9-13(17-10)14(15-2)11-6-4-5-7-12(11)16-3/h4-9,14-15H,1-3H3. The van der Waals surface area contributed by atoms with Crippen LogP contribution in [0.3, 0.4) is 0 Å². The van der Waals surface area contributed by atoms with E-state index in [4.69, 9.17) is 9.15 Å². The lowest BCUT2D eigenvalue weighted by atomic mass is 10.0. The Morgan fingerprint density at radius 1 is 1.18 bits per heavy atom. The van der Waals surface area contributed by atoms with Gasteiger partial charge in [-0.2, -0.15) is 0 Å². The zero-order valence-electron chi connectivity index (χ0n) is 10.4. The monoisotopic (exact) mass is 231 g/mol. The Labute approximate surface area is 101 Å². The summed E-state index contributed by atoms with van der Waals surface area (Å²) in [5.74, 6) is 2.67. The van der Waals surface area contributed by atoms with Gasteiger partial charge in [-0.3, -0.25) is 0 Å². The van der Waals surface area contributed by atoms with Gasteiger partial charge in [0, 0.05) is 5.56 Å². The number of aryl methyl sites for hydroxylation is 1. The quantitative estimate of drug-likeness (QED) is 0.878. The lowest BCUT2D eigenvalue weighted by Gasteiger charge is -2.17. The van der Waals surface area contributed by atoms with Crippen molar-refractivity contribution in [2.24, 2.45) is 0 Å². The summed E-state index contributed by atoms with van der Waals surface area (Å²) < 4.78 is 11.0. The number of methoxy groups -OCH3 is 1. The predicted molar refractivity (Wildman–Crippen MR) is 67.3 cm³/mol. The van der Waals surface area contributed by atoms with Gasteiger partial charge in [0.05, 0.1) is 13.2 Å². The summed E-state index contributed by atoms with van der Waals surface area (Å²) in [4.78, 5) is 0. The highest BCUT2D eigenvalue weighted by atomic mass is 16.5. The SMILES string of the molecule is CNC(c1ccc(C)o1)c1ccccc1OC. The molecule has 0 fully saturated rings. The molecule has 1 heterocycles. The van der Waals surface area contributed by atoms with Crippen LogP contribution < -0.4 is 10.1 Å². The van der Waals surface area contributed by atoms with Gasteiger partial charge < -0.3 is 14.5 Å². The van der Waals surface area contributed by atoms with Crippen LogP contribution in [0.1, 0.15) is 23.1 Å². The van der Waals surface area contributed by atoms with Gasteiger partial charge in [0.15, 0.2) is 0 Å². The first-order valence-corrected chi connectivity index (χ1v) is 5.62. The molecule has 1 unspecified atom stereocenters. The number of hydrogen-bond donors (Lipinski definition) is 1. The molecule has 0 spiro atoms. The van der Waals surface area contributed by atoms with Gasteiger partial charge in [0.25, 0.3) is 0 Å². The van der Waals surface area contributed by atoms with E-state index in [1.807, 2.05) is 50.4 Å². The summed E-state index contributed by atoms with van der Waals surface area (Å²) in [6.45, 7) is 1.94. The number of hydrogen-bond acceptors (Lipinski definition) is 3. The van der Waals surface area contributed by atoms with Crippen molar-refractivity contribution >= 4 is 0 Å². The summed E-state index contributed by atoms with van der Waals surface area (Å²) in [6, 6.07) is 11.9. The molecule has 1 aromatic heterocycles. The largest absolute Gasteiger partial charge is 0.496 e. The molecule has 0 aliphatic rings. The van der Waals surface area contributed by atoms with Crippen LogP contribution in [0.2, 0.25) is 0 Å². The molecule has 90 valence electrons. The average molecular weight is 231 g/mol. The van der Waals surface area contributed by atoms with Crippen LogP contribution >= 0.6 is 0 Å². The molecule has 1 aromatic carbocycles. The number of rotatable bonds is 4. The third-order valence-corrected chi connectivity index (χ3v) is 2.78. The summed E-state index contributed by atoms with van der Waals surface area (Å²) in [5.41, 5.74) is 1.08. The molecule has 2 aromatic rings. The van der Waals surface area contributed by atoms with Crippen LogP contribution in [0.25, 0.3) is 0 Å². The van der Waals surface area contributed by atoms with Crippen LogP contribution in [-0.4, -0.2) is 14.2 Å². The highest BCUT2D eigenvalue weighted by Crippen LogP contribution is 2.30. The summed E-state index contributed by atoms with van der Waals surface area (Å²) in [7, 11) is 3.59. The molecule has 0 saturated carbocycles. The Kier molecular flexibility index (Phi) is 3.49. The third-order valence-electron chi connectivity index (χ3n) is 2.78. The number of ether oxygens (including phenoxy) is 1. The summed E-state index contributed by atoms with van der Waals surface area (Å²) >= 11 is 0. The van der Waals surface area contributed by atoms with Crippen LogP contribution in [0.15, 0.2) is 40.8 Å². The molecular weight excluding hydrogens is 214 g/mol. The fourth-order valence-electron chi connectivity index (χ4n) is 1.96. The van der Waals surface area contributed by atoms with Crippen LogP contribution in [-0.2, 0) is 0 Å². The predicted octanol–water partition coefficient (Wildman–Crippen LogP) is 2.91. The summed E-state index contributed by atoms with van der Waals surface area (Å²) in [5, 5.41) is 3.25. The van der Waals surface area contributed by atoms with E-state index < -0.39 is 0 Å². The molecule has 1 atom stereocenters. The van der Waals surface area contributed by atoms with Gasteiger partial charge in [-0.1, -0.05) is 18.2 Å². The lowest BCUT2D eigenvalue weighted by molar-refractivity contribution is 0.394. The van der Waals surface area contributed by atoms with Crippen molar-refractivity contribution in [3.63, 3.8) is 0 Å². The Hall–Kier alpha value is -1.74. The first-order chi connectivity index (χ1) is 8.26. The molecule has 3 heteroatoms. The Bertz CT molecular complexity index is 490. The normalized spacial score (nSPS) is 12.4. The van der Waals surface area contributed by atoms with E-state index in [0.29, 0.717) is 0 Å². The fraction of sp³-hybridized carbons (Fsp3) is 0.286. The number of furan rings is 1. The molecule has 0 aliphatic heterocycles. The molecule has 3 nitrogen and oxygen atoms in total. The van der Waals surface area contributed by atoms with E-state index in [1.165, 1.54) is 0 Å². The van der Waals surface area contributed by atoms with E-state index in [0.717, 1.165) is 22.8 Å². The molecule has 0 aliphatic carbocycles. The van der Waals surface area contributed by atoms with E-state index in [-0.39, 0.29) is 6.04 Å². The van der Waals surface area contributed by atoms with E-state index in [2.05, 4.69) is 5.32 Å². The minimum Gasteiger partial charge on any atom is -0.496 e. The van der Waals surface area contributed by atoms with Gasteiger partial charge in [-0.25, -0.2) is 0 Å². The first kappa shape index (κ1) is 11.7. The highest BCUT2D eigenvalue weighted by Gasteiger charge is 2.18. The van der Waals surface area contributed by atoms with Crippen molar-refractivity contribution in [3.8, 4) is 5.75 Å². The van der Waals surface area contributed by atoms with E-state index in [1.54, 1.807) is 7.11 Å². The Morgan fingerprint density at radius 3 is 2.53 bits per heavy atom.